The fourth-order valence-corrected chi connectivity index (χ4v) is 3.88. The van der Waals surface area contributed by atoms with Crippen molar-refractivity contribution in [3.8, 4) is 0 Å². The number of rotatable bonds is 5. The van der Waals surface area contributed by atoms with Crippen LogP contribution in [0.4, 0.5) is 16.2 Å². The minimum atomic E-state index is -0.446. The van der Waals surface area contributed by atoms with Crippen molar-refractivity contribution in [3.63, 3.8) is 0 Å². The van der Waals surface area contributed by atoms with E-state index in [2.05, 4.69) is 16.0 Å². The molecule has 33 heavy (non-hydrogen) atoms. The van der Waals surface area contributed by atoms with Gasteiger partial charge in [0.25, 0.3) is 0 Å². The van der Waals surface area contributed by atoms with Gasteiger partial charge in [-0.15, -0.1) is 0 Å². The monoisotopic (exact) mass is 466 g/mol. The molecule has 0 aliphatic carbocycles. The van der Waals surface area contributed by atoms with Crippen LogP contribution in [0, 0.1) is 13.8 Å². The van der Waals surface area contributed by atoms with E-state index in [0.29, 0.717) is 16.4 Å². The van der Waals surface area contributed by atoms with Gasteiger partial charge in [-0.05, 0) is 76.2 Å². The second-order valence-corrected chi connectivity index (χ2v) is 8.80. The number of allylic oxidation sites excluding steroid dienone is 1. The Morgan fingerprint density at radius 1 is 1.06 bits per heavy atom. The van der Waals surface area contributed by atoms with E-state index in [4.69, 9.17) is 17.0 Å². The van der Waals surface area contributed by atoms with E-state index in [-0.39, 0.29) is 18.1 Å². The molecular weight excluding hydrogens is 436 g/mol. The molecule has 2 aromatic rings. The number of thiocarbonyl (C=S) groups is 1. The number of carbonyl (C=O) groups is 2. The molecule has 174 valence electrons. The van der Waals surface area contributed by atoms with Crippen molar-refractivity contribution in [1.29, 1.82) is 0 Å². The first kappa shape index (κ1) is 24.3. The molecule has 0 spiro atoms. The Hall–Kier alpha value is -3.39. The second-order valence-electron chi connectivity index (χ2n) is 8.41. The van der Waals surface area contributed by atoms with Crippen LogP contribution in [0.15, 0.2) is 53.7 Å². The predicted molar refractivity (Wildman–Crippen MR) is 135 cm³/mol. The molecule has 3 rings (SSSR count). The standard InChI is InChI=1S/C25H30N4O3S/c1-14(2)32-23(30)21-17(5)29(6)25(33)28-22(21)18-8-10-19(11-9-18)26-24(31)27-20-12-7-15(3)13-16(20)4/h7-14,22H,1-6H3,(H,28,33)(H2,26,27,31). The molecule has 0 bridgehead atoms. The van der Waals surface area contributed by atoms with Crippen LogP contribution in [0.1, 0.15) is 43.5 Å². The molecule has 0 saturated heterocycles. The summed E-state index contributed by atoms with van der Waals surface area (Å²) in [5.74, 6) is -0.385. The van der Waals surface area contributed by atoms with Gasteiger partial charge in [0.15, 0.2) is 5.11 Å². The molecular formula is C25H30N4O3S. The lowest BCUT2D eigenvalue weighted by Gasteiger charge is -2.35. The number of esters is 1. The summed E-state index contributed by atoms with van der Waals surface area (Å²) in [6.07, 6.45) is -0.236. The first-order valence-corrected chi connectivity index (χ1v) is 11.2. The van der Waals surface area contributed by atoms with E-state index in [0.717, 1.165) is 28.1 Å². The maximum Gasteiger partial charge on any atom is 0.338 e. The SMILES string of the molecule is CC1=C(C(=O)OC(C)C)C(c2ccc(NC(=O)Nc3ccc(C)cc3C)cc2)NC(=S)N1C. The van der Waals surface area contributed by atoms with Crippen LogP contribution in [-0.4, -0.2) is 35.2 Å². The lowest BCUT2D eigenvalue weighted by molar-refractivity contribution is -0.143. The number of hydrogen-bond acceptors (Lipinski definition) is 4. The van der Waals surface area contributed by atoms with Crippen LogP contribution in [0.25, 0.3) is 0 Å². The first-order chi connectivity index (χ1) is 15.6. The third kappa shape index (κ3) is 5.70. The van der Waals surface area contributed by atoms with Gasteiger partial charge in [-0.1, -0.05) is 29.8 Å². The molecule has 1 aliphatic rings. The van der Waals surface area contributed by atoms with E-state index in [1.54, 1.807) is 17.0 Å². The van der Waals surface area contributed by atoms with Crippen molar-refractivity contribution in [2.24, 2.45) is 0 Å². The number of nitrogens with zero attached hydrogens (tertiary/aromatic N) is 1. The van der Waals surface area contributed by atoms with Crippen LogP contribution in [0.3, 0.4) is 0 Å². The molecule has 1 heterocycles. The third-order valence-electron chi connectivity index (χ3n) is 5.45. The third-order valence-corrected chi connectivity index (χ3v) is 5.84. The van der Waals surface area contributed by atoms with Gasteiger partial charge in [0.05, 0.1) is 17.7 Å². The largest absolute Gasteiger partial charge is 0.459 e. The zero-order valence-electron chi connectivity index (χ0n) is 19.8. The lowest BCUT2D eigenvalue weighted by atomic mass is 9.95. The Kier molecular flexibility index (Phi) is 7.38. The van der Waals surface area contributed by atoms with Crippen LogP contribution in [-0.2, 0) is 9.53 Å². The second kappa shape index (κ2) is 10.0. The number of carbonyl (C=O) groups excluding carboxylic acids is 2. The van der Waals surface area contributed by atoms with Crippen molar-refractivity contribution in [2.45, 2.75) is 46.8 Å². The maximum atomic E-state index is 12.8. The summed E-state index contributed by atoms with van der Waals surface area (Å²) in [5.41, 5.74) is 5.60. The molecule has 8 heteroatoms. The molecule has 0 aromatic heterocycles. The molecule has 1 atom stereocenters. The topological polar surface area (TPSA) is 82.7 Å². The average Bonchev–Trinajstić information content (AvgIpc) is 2.73. The normalized spacial score (nSPS) is 15.9. The van der Waals surface area contributed by atoms with Crippen molar-refractivity contribution in [2.75, 3.05) is 17.7 Å². The van der Waals surface area contributed by atoms with E-state index in [1.807, 2.05) is 72.0 Å². The van der Waals surface area contributed by atoms with E-state index in [9.17, 15) is 9.59 Å². The number of ether oxygens (including phenoxy) is 1. The van der Waals surface area contributed by atoms with Gasteiger partial charge in [0, 0.05) is 24.1 Å². The number of anilines is 2. The summed E-state index contributed by atoms with van der Waals surface area (Å²) in [5, 5.41) is 9.45. The number of aryl methyl sites for hydroxylation is 2. The fraction of sp³-hybridized carbons (Fsp3) is 0.320. The van der Waals surface area contributed by atoms with Gasteiger partial charge in [0.1, 0.15) is 0 Å². The van der Waals surface area contributed by atoms with Crippen LogP contribution < -0.4 is 16.0 Å². The van der Waals surface area contributed by atoms with Crippen LogP contribution >= 0.6 is 12.2 Å². The Morgan fingerprint density at radius 3 is 2.33 bits per heavy atom. The molecule has 3 N–H and O–H groups in total. The number of amides is 2. The smallest absolute Gasteiger partial charge is 0.338 e. The number of urea groups is 1. The Bertz CT molecular complexity index is 1110. The molecule has 0 saturated carbocycles. The number of nitrogens with one attached hydrogen (secondary N) is 3. The zero-order chi connectivity index (χ0) is 24.3. The summed E-state index contributed by atoms with van der Waals surface area (Å²) < 4.78 is 5.47. The van der Waals surface area contributed by atoms with Gasteiger partial charge in [0.2, 0.25) is 0 Å². The zero-order valence-corrected chi connectivity index (χ0v) is 20.6. The van der Waals surface area contributed by atoms with E-state index >= 15 is 0 Å². The molecule has 1 unspecified atom stereocenters. The minimum absolute atomic E-state index is 0.236. The van der Waals surface area contributed by atoms with Crippen molar-refractivity contribution < 1.29 is 14.3 Å². The summed E-state index contributed by atoms with van der Waals surface area (Å²) >= 11 is 5.44. The highest BCUT2D eigenvalue weighted by molar-refractivity contribution is 7.80. The highest BCUT2D eigenvalue weighted by atomic mass is 32.1. The average molecular weight is 467 g/mol. The molecule has 7 nitrogen and oxygen atoms in total. The Balaban J connectivity index is 1.78. The van der Waals surface area contributed by atoms with Crippen molar-refractivity contribution in [1.82, 2.24) is 10.2 Å². The van der Waals surface area contributed by atoms with Crippen LogP contribution in [0.5, 0.6) is 0 Å². The summed E-state index contributed by atoms with van der Waals surface area (Å²) in [6.45, 7) is 9.45. The number of benzene rings is 2. The number of hydrogen-bond donors (Lipinski definition) is 3. The molecule has 0 radical (unpaired) electrons. The molecule has 1 aliphatic heterocycles. The van der Waals surface area contributed by atoms with Gasteiger partial charge in [-0.25, -0.2) is 9.59 Å². The van der Waals surface area contributed by atoms with Gasteiger partial charge >= 0.3 is 12.0 Å². The summed E-state index contributed by atoms with van der Waals surface area (Å²) in [6, 6.07) is 12.4. The quantitative estimate of drug-likeness (QED) is 0.423. The van der Waals surface area contributed by atoms with E-state index in [1.165, 1.54) is 0 Å². The van der Waals surface area contributed by atoms with Gasteiger partial charge in [-0.3, -0.25) is 0 Å². The Morgan fingerprint density at radius 2 is 1.73 bits per heavy atom. The van der Waals surface area contributed by atoms with Crippen molar-refractivity contribution >= 4 is 40.7 Å². The Labute approximate surface area is 200 Å². The van der Waals surface area contributed by atoms with Crippen LogP contribution in [0.2, 0.25) is 0 Å². The summed E-state index contributed by atoms with van der Waals surface area (Å²) in [4.78, 5) is 27.0. The highest BCUT2D eigenvalue weighted by Gasteiger charge is 2.33. The maximum absolute atomic E-state index is 12.8. The predicted octanol–water partition coefficient (Wildman–Crippen LogP) is 5.03. The molecule has 0 fully saturated rings. The fourth-order valence-electron chi connectivity index (χ4n) is 3.62. The van der Waals surface area contributed by atoms with E-state index < -0.39 is 6.04 Å². The summed E-state index contributed by atoms with van der Waals surface area (Å²) in [7, 11) is 1.81. The minimum Gasteiger partial charge on any atom is -0.459 e. The molecule has 2 amide bonds. The lowest BCUT2D eigenvalue weighted by Crippen LogP contribution is -2.46. The van der Waals surface area contributed by atoms with Crippen molar-refractivity contribution in [3.05, 3.63) is 70.4 Å². The highest BCUT2D eigenvalue weighted by Crippen LogP contribution is 2.31. The molecule has 2 aromatic carbocycles. The van der Waals surface area contributed by atoms with Gasteiger partial charge in [-0.2, -0.15) is 0 Å². The van der Waals surface area contributed by atoms with Gasteiger partial charge < -0.3 is 25.6 Å². The first-order valence-electron chi connectivity index (χ1n) is 10.8.